The molecule has 2 nitrogen and oxygen atoms in total. The van der Waals surface area contributed by atoms with Crippen molar-refractivity contribution in [2.45, 2.75) is 89.9 Å². The molecular formula is C40H40BNOS. The minimum absolute atomic E-state index is 0.115. The molecule has 5 aromatic rings. The van der Waals surface area contributed by atoms with Crippen molar-refractivity contribution < 1.29 is 4.74 Å². The minimum atomic E-state index is 0.115. The van der Waals surface area contributed by atoms with E-state index in [0.717, 1.165) is 24.3 Å². The molecule has 0 spiro atoms. The fourth-order valence-electron chi connectivity index (χ4n) is 9.95. The van der Waals surface area contributed by atoms with Gasteiger partial charge in [-0.15, -0.1) is 11.3 Å². The number of fused-ring (bicyclic) bond motifs is 8. The van der Waals surface area contributed by atoms with Crippen molar-refractivity contribution in [1.82, 2.24) is 0 Å². The van der Waals surface area contributed by atoms with Crippen LogP contribution in [0.5, 0.6) is 11.5 Å². The Balaban J connectivity index is 1.36. The topological polar surface area (TPSA) is 12.5 Å². The predicted molar refractivity (Wildman–Crippen MR) is 189 cm³/mol. The normalized spacial score (nSPS) is 20.5. The second-order valence-electron chi connectivity index (χ2n) is 16.4. The van der Waals surface area contributed by atoms with E-state index in [2.05, 4.69) is 133 Å². The van der Waals surface area contributed by atoms with Crippen LogP contribution in [0.25, 0.3) is 10.1 Å². The molecule has 44 heavy (non-hydrogen) atoms. The van der Waals surface area contributed by atoms with Gasteiger partial charge in [-0.1, -0.05) is 85.7 Å². The lowest BCUT2D eigenvalue weighted by Gasteiger charge is -2.40. The van der Waals surface area contributed by atoms with Crippen molar-refractivity contribution in [1.29, 1.82) is 0 Å². The third-order valence-electron chi connectivity index (χ3n) is 11.3. The molecule has 2 aliphatic carbocycles. The highest BCUT2D eigenvalue weighted by Gasteiger charge is 2.49. The Morgan fingerprint density at radius 2 is 1.32 bits per heavy atom. The molecule has 0 N–H and O–H groups in total. The van der Waals surface area contributed by atoms with Crippen molar-refractivity contribution in [3.05, 3.63) is 95.1 Å². The molecular weight excluding hydrogens is 553 g/mol. The van der Waals surface area contributed by atoms with E-state index in [9.17, 15) is 0 Å². The number of benzene rings is 4. The lowest BCUT2D eigenvalue weighted by molar-refractivity contribution is 0.403. The quantitative estimate of drug-likeness (QED) is 0.176. The smallest absolute Gasteiger partial charge is 0.268 e. The lowest BCUT2D eigenvalue weighted by Crippen LogP contribution is -2.58. The Labute approximate surface area is 266 Å². The molecule has 0 atom stereocenters. The zero-order chi connectivity index (χ0) is 30.6. The van der Waals surface area contributed by atoms with Gasteiger partial charge in [-0.2, -0.15) is 0 Å². The van der Waals surface area contributed by atoms with Gasteiger partial charge < -0.3 is 9.64 Å². The van der Waals surface area contributed by atoms with Crippen molar-refractivity contribution >= 4 is 60.9 Å². The summed E-state index contributed by atoms with van der Waals surface area (Å²) in [4.78, 5) is 2.57. The maximum Gasteiger partial charge on any atom is 0.268 e. The summed E-state index contributed by atoms with van der Waals surface area (Å²) in [7, 11) is 0. The van der Waals surface area contributed by atoms with E-state index in [1.165, 1.54) is 65.1 Å². The van der Waals surface area contributed by atoms with Crippen LogP contribution < -0.4 is 25.3 Å². The van der Waals surface area contributed by atoms with Gasteiger partial charge in [0, 0.05) is 31.9 Å². The molecule has 4 aromatic carbocycles. The van der Waals surface area contributed by atoms with Gasteiger partial charge in [0.15, 0.2) is 0 Å². The van der Waals surface area contributed by atoms with Crippen LogP contribution >= 0.6 is 11.3 Å². The highest BCUT2D eigenvalue weighted by Crippen LogP contribution is 2.54. The number of nitrogens with zero attached hydrogens (tertiary/aromatic N) is 1. The highest BCUT2D eigenvalue weighted by molar-refractivity contribution is 7.33. The first kappa shape index (κ1) is 26.9. The highest BCUT2D eigenvalue weighted by atomic mass is 32.1. The maximum atomic E-state index is 6.86. The summed E-state index contributed by atoms with van der Waals surface area (Å²) in [6.07, 6.45) is 2.32. The van der Waals surface area contributed by atoms with Crippen LogP contribution in [0.2, 0.25) is 0 Å². The third-order valence-corrected chi connectivity index (χ3v) is 12.5. The van der Waals surface area contributed by atoms with Gasteiger partial charge in [0.05, 0.1) is 0 Å². The Morgan fingerprint density at radius 3 is 2.07 bits per heavy atom. The summed E-state index contributed by atoms with van der Waals surface area (Å²) in [6.45, 7) is 19.5. The van der Waals surface area contributed by atoms with Gasteiger partial charge in [-0.05, 0) is 110 Å². The number of anilines is 3. The monoisotopic (exact) mass is 593 g/mol. The van der Waals surface area contributed by atoms with Crippen LogP contribution in [-0.2, 0) is 21.7 Å². The van der Waals surface area contributed by atoms with Gasteiger partial charge >= 0.3 is 0 Å². The van der Waals surface area contributed by atoms with Crippen molar-refractivity contribution in [3.8, 4) is 11.5 Å². The van der Waals surface area contributed by atoms with E-state index in [4.69, 9.17) is 4.74 Å². The first-order valence-corrected chi connectivity index (χ1v) is 17.0. The number of ether oxygens (including phenoxy) is 1. The van der Waals surface area contributed by atoms with Gasteiger partial charge in [0.2, 0.25) is 0 Å². The van der Waals surface area contributed by atoms with E-state index < -0.39 is 0 Å². The number of thiophene rings is 1. The van der Waals surface area contributed by atoms with E-state index in [1.807, 2.05) is 11.3 Å². The number of hydrogen-bond acceptors (Lipinski definition) is 3. The Bertz CT molecular complexity index is 2080. The molecule has 4 aliphatic rings. The lowest BCUT2D eigenvalue weighted by atomic mass is 9.36. The van der Waals surface area contributed by atoms with Crippen LogP contribution in [0.1, 0.15) is 90.5 Å². The van der Waals surface area contributed by atoms with E-state index in [1.54, 1.807) is 0 Å². The fourth-order valence-corrected chi connectivity index (χ4v) is 11.2. The molecule has 0 radical (unpaired) electrons. The average molecular weight is 594 g/mol. The van der Waals surface area contributed by atoms with Crippen molar-refractivity contribution in [3.63, 3.8) is 0 Å². The van der Waals surface area contributed by atoms with Crippen molar-refractivity contribution in [2.24, 2.45) is 0 Å². The number of hydrogen-bond donors (Lipinski definition) is 0. The van der Waals surface area contributed by atoms with Crippen LogP contribution in [0.3, 0.4) is 0 Å². The fraction of sp³-hybridized carbons (Fsp3) is 0.350. The van der Waals surface area contributed by atoms with Crippen LogP contribution in [-0.4, -0.2) is 6.71 Å². The van der Waals surface area contributed by atoms with E-state index >= 15 is 0 Å². The van der Waals surface area contributed by atoms with Crippen LogP contribution in [0.15, 0.2) is 72.8 Å². The minimum Gasteiger partial charge on any atom is -0.457 e. The summed E-state index contributed by atoms with van der Waals surface area (Å²) in [6, 6.07) is 27.9. The summed E-state index contributed by atoms with van der Waals surface area (Å²) in [5.41, 5.74) is 13.1. The summed E-state index contributed by atoms with van der Waals surface area (Å²) in [5.74, 6) is 2.03. The zero-order valence-electron chi connectivity index (χ0n) is 27.2. The average Bonchev–Trinajstić information content (AvgIpc) is 3.48. The molecule has 0 amide bonds. The molecule has 9 rings (SSSR count). The molecule has 0 bridgehead atoms. The standard InChI is InChI=1S/C40H40BNOS/c1-37(2)21-38(3,4)26-18-23(16-17-25(26)37)42-30-13-11-14-32-34(30)41(36-35(43-32)24-12-9-10-15-33(24)44-36)29-19-27-28(20-31(29)42)40(7,8)22-39(27,5)6/h9-20H,21-22H2,1-8H3. The first-order valence-electron chi connectivity index (χ1n) is 16.2. The molecule has 1 aromatic heterocycles. The number of rotatable bonds is 1. The maximum absolute atomic E-state index is 6.86. The Morgan fingerprint density at radius 1 is 0.659 bits per heavy atom. The van der Waals surface area contributed by atoms with Gasteiger partial charge in [-0.25, -0.2) is 0 Å². The van der Waals surface area contributed by atoms with E-state index in [0.29, 0.717) is 0 Å². The molecule has 220 valence electrons. The molecule has 0 fully saturated rings. The Hall–Kier alpha value is -3.50. The third kappa shape index (κ3) is 3.38. The van der Waals surface area contributed by atoms with Crippen LogP contribution in [0, 0.1) is 0 Å². The SMILES string of the molecule is CC1(C)CC(C)(C)c2cc(N3c4cc5c(cc4B4c6sc7ccccc7c6Oc6cccc3c64)C(C)(C)CC5(C)C)ccc21. The van der Waals surface area contributed by atoms with Crippen LogP contribution in [0.4, 0.5) is 17.1 Å². The first-order chi connectivity index (χ1) is 20.8. The predicted octanol–water partition coefficient (Wildman–Crippen LogP) is 9.22. The van der Waals surface area contributed by atoms with Crippen molar-refractivity contribution in [2.75, 3.05) is 4.90 Å². The summed E-state index contributed by atoms with van der Waals surface area (Å²) in [5, 5.41) is 1.22. The van der Waals surface area contributed by atoms with E-state index in [-0.39, 0.29) is 28.4 Å². The Kier molecular flexibility index (Phi) is 5.01. The molecule has 0 unspecified atom stereocenters. The molecule has 3 heterocycles. The molecule has 2 aliphatic heterocycles. The van der Waals surface area contributed by atoms with Gasteiger partial charge in [0.25, 0.3) is 6.71 Å². The molecule has 0 saturated carbocycles. The zero-order valence-corrected chi connectivity index (χ0v) is 28.0. The van der Waals surface area contributed by atoms with Gasteiger partial charge in [-0.3, -0.25) is 0 Å². The summed E-state index contributed by atoms with van der Waals surface area (Å²) >= 11 is 1.90. The van der Waals surface area contributed by atoms with Gasteiger partial charge in [0.1, 0.15) is 11.5 Å². The summed E-state index contributed by atoms with van der Waals surface area (Å²) < 4.78 is 9.49. The molecule has 0 saturated heterocycles. The second kappa shape index (κ2) is 8.20. The molecule has 4 heteroatoms. The largest absolute Gasteiger partial charge is 0.457 e. The second-order valence-corrected chi connectivity index (χ2v) is 17.5.